The summed E-state index contributed by atoms with van der Waals surface area (Å²) in [5.41, 5.74) is 4.05. The van der Waals surface area contributed by atoms with Gasteiger partial charge in [0.2, 0.25) is 0 Å². The van der Waals surface area contributed by atoms with Crippen molar-refractivity contribution in [3.63, 3.8) is 0 Å². The Bertz CT molecular complexity index is 1220. The Morgan fingerprint density at radius 3 is 1.97 bits per heavy atom. The number of fused-ring (bicyclic) bond motifs is 3. The second-order valence-electron chi connectivity index (χ2n) is 11.0. The van der Waals surface area contributed by atoms with Gasteiger partial charge in [0.05, 0.1) is 12.3 Å². The van der Waals surface area contributed by atoms with Gasteiger partial charge in [0, 0.05) is 46.0 Å². The van der Waals surface area contributed by atoms with Crippen molar-refractivity contribution < 1.29 is 4.42 Å². The molecular formula is C25H34NOSi4. The van der Waals surface area contributed by atoms with Crippen molar-refractivity contribution in [2.45, 2.75) is 52.4 Å². The lowest BCUT2D eigenvalue weighted by Gasteiger charge is -2.53. The van der Waals surface area contributed by atoms with Crippen LogP contribution in [0.4, 0.5) is 0 Å². The Hall–Kier alpha value is -1.74. The Balaban J connectivity index is 1.81. The van der Waals surface area contributed by atoms with Crippen LogP contribution in [0.1, 0.15) is 0 Å². The minimum absolute atomic E-state index is 0.412. The SMILES string of the molecule is C[Si](C)[Si](c1ccc(-c2ccc3c(c2)oc2ccccc23)nc1)([Si](C)(C)C)[Si](C)(C)C. The maximum Gasteiger partial charge on any atom is 0.136 e. The van der Waals surface area contributed by atoms with E-state index in [2.05, 4.69) is 101 Å². The minimum atomic E-state index is -1.54. The Morgan fingerprint density at radius 1 is 0.742 bits per heavy atom. The molecule has 6 heteroatoms. The first-order chi connectivity index (χ1) is 14.5. The lowest BCUT2D eigenvalue weighted by Crippen LogP contribution is -2.84. The first kappa shape index (κ1) is 22.5. The maximum absolute atomic E-state index is 6.11. The number of benzene rings is 2. The topological polar surface area (TPSA) is 26.0 Å². The van der Waals surface area contributed by atoms with E-state index in [0.717, 1.165) is 22.4 Å². The van der Waals surface area contributed by atoms with E-state index in [-0.39, 0.29) is 0 Å². The molecule has 2 heterocycles. The molecule has 0 fully saturated rings. The summed E-state index contributed by atoms with van der Waals surface area (Å²) in [5.74, 6) is 0. The molecule has 0 aliphatic heterocycles. The zero-order valence-corrected chi connectivity index (χ0v) is 24.1. The van der Waals surface area contributed by atoms with Crippen molar-refractivity contribution in [2.24, 2.45) is 0 Å². The van der Waals surface area contributed by atoms with Crippen LogP contribution in [0.3, 0.4) is 0 Å². The molecule has 2 aromatic carbocycles. The van der Waals surface area contributed by atoms with Gasteiger partial charge in [-0.15, -0.1) is 0 Å². The van der Waals surface area contributed by atoms with Crippen LogP contribution in [-0.4, -0.2) is 35.1 Å². The standard InChI is InChI=1S/C25H34NOSi4/c1-28(2)31(29(3,4)5,30(6,7)8)20-14-16-23(26-18-20)19-13-15-22-21-11-9-10-12-24(21)27-25(22)17-19/h9-18H,1-8H3. The molecule has 0 aliphatic carbocycles. The largest absolute Gasteiger partial charge is 0.456 e. The molecule has 31 heavy (non-hydrogen) atoms. The van der Waals surface area contributed by atoms with Crippen LogP contribution in [0.2, 0.25) is 52.4 Å². The molecule has 0 spiro atoms. The van der Waals surface area contributed by atoms with Gasteiger partial charge in [0.15, 0.2) is 0 Å². The van der Waals surface area contributed by atoms with Gasteiger partial charge in [-0.2, -0.15) is 0 Å². The van der Waals surface area contributed by atoms with E-state index < -0.39 is 30.1 Å². The first-order valence-corrected chi connectivity index (χ1v) is 25.7. The molecule has 0 bridgehead atoms. The highest BCUT2D eigenvalue weighted by molar-refractivity contribution is 7.89. The second kappa shape index (κ2) is 7.69. The molecule has 0 unspecified atom stereocenters. The Morgan fingerprint density at radius 2 is 1.39 bits per heavy atom. The van der Waals surface area contributed by atoms with E-state index >= 15 is 0 Å². The van der Waals surface area contributed by atoms with Crippen molar-refractivity contribution in [3.8, 4) is 11.3 Å². The zero-order valence-electron chi connectivity index (χ0n) is 20.1. The molecule has 1 radical (unpaired) electrons. The molecule has 0 N–H and O–H groups in total. The number of furan rings is 1. The number of hydrogen-bond acceptors (Lipinski definition) is 2. The van der Waals surface area contributed by atoms with Crippen LogP contribution >= 0.6 is 0 Å². The van der Waals surface area contributed by atoms with E-state index in [1.807, 2.05) is 12.1 Å². The monoisotopic (exact) mass is 476 g/mol. The summed E-state index contributed by atoms with van der Waals surface area (Å²) < 4.78 is 6.11. The van der Waals surface area contributed by atoms with Crippen LogP contribution in [-0.2, 0) is 0 Å². The smallest absolute Gasteiger partial charge is 0.136 e. The molecule has 4 rings (SSSR count). The molecular weight excluding hydrogens is 443 g/mol. The van der Waals surface area contributed by atoms with Gasteiger partial charge in [-0.05, 0) is 29.5 Å². The molecule has 4 aromatic rings. The highest BCUT2D eigenvalue weighted by Crippen LogP contribution is 2.33. The average molecular weight is 477 g/mol. The maximum atomic E-state index is 6.11. The van der Waals surface area contributed by atoms with Crippen molar-refractivity contribution in [1.29, 1.82) is 0 Å². The highest BCUT2D eigenvalue weighted by Gasteiger charge is 2.57. The summed E-state index contributed by atoms with van der Waals surface area (Å²) in [7, 11) is -3.09. The van der Waals surface area contributed by atoms with Gasteiger partial charge in [0.1, 0.15) is 11.2 Å². The summed E-state index contributed by atoms with van der Waals surface area (Å²) in [6.45, 7) is 19.4. The molecule has 0 atom stereocenters. The summed E-state index contributed by atoms with van der Waals surface area (Å²) in [6, 6.07) is 19.5. The van der Waals surface area contributed by atoms with E-state index in [1.165, 1.54) is 10.8 Å². The van der Waals surface area contributed by atoms with Gasteiger partial charge in [-0.25, -0.2) is 0 Å². The van der Waals surface area contributed by atoms with Crippen molar-refractivity contribution >= 4 is 57.2 Å². The van der Waals surface area contributed by atoms with Crippen LogP contribution in [0.5, 0.6) is 0 Å². The average Bonchev–Trinajstić information content (AvgIpc) is 3.04. The summed E-state index contributed by atoms with van der Waals surface area (Å²) in [5, 5.41) is 3.97. The lowest BCUT2D eigenvalue weighted by molar-refractivity contribution is 0.669. The predicted octanol–water partition coefficient (Wildman–Crippen LogP) is 6.97. The molecule has 2 aromatic heterocycles. The van der Waals surface area contributed by atoms with Crippen molar-refractivity contribution in [1.82, 2.24) is 4.98 Å². The zero-order chi connectivity index (χ0) is 22.6. The fraction of sp³-hybridized carbons (Fsp3) is 0.320. The summed E-state index contributed by atoms with van der Waals surface area (Å²) >= 11 is 0. The predicted molar refractivity (Wildman–Crippen MR) is 147 cm³/mol. The Kier molecular flexibility index (Phi) is 5.57. The van der Waals surface area contributed by atoms with Crippen LogP contribution in [0.25, 0.3) is 33.2 Å². The van der Waals surface area contributed by atoms with E-state index in [4.69, 9.17) is 9.40 Å². The van der Waals surface area contributed by atoms with E-state index in [9.17, 15) is 0 Å². The third kappa shape index (κ3) is 3.53. The van der Waals surface area contributed by atoms with Gasteiger partial charge in [0.25, 0.3) is 0 Å². The van der Waals surface area contributed by atoms with Crippen LogP contribution in [0.15, 0.2) is 65.2 Å². The number of aromatic nitrogens is 1. The molecule has 161 valence electrons. The number of hydrogen-bond donors (Lipinski definition) is 0. The number of pyridine rings is 1. The third-order valence-electron chi connectivity index (χ3n) is 6.87. The first-order valence-electron chi connectivity index (χ1n) is 11.2. The number of para-hydroxylation sites is 1. The number of rotatable bonds is 5. The van der Waals surface area contributed by atoms with Crippen molar-refractivity contribution in [3.05, 3.63) is 60.8 Å². The molecule has 0 amide bonds. The molecule has 0 aliphatic rings. The fourth-order valence-electron chi connectivity index (χ4n) is 6.45. The third-order valence-corrected chi connectivity index (χ3v) is 70.6. The normalized spacial score (nSPS) is 13.5. The summed E-state index contributed by atoms with van der Waals surface area (Å²) in [6.07, 6.45) is 2.26. The summed E-state index contributed by atoms with van der Waals surface area (Å²) in [4.78, 5) is 5.04. The van der Waals surface area contributed by atoms with Gasteiger partial charge >= 0.3 is 0 Å². The van der Waals surface area contributed by atoms with Gasteiger partial charge in [-0.1, -0.05) is 82.7 Å². The van der Waals surface area contributed by atoms with E-state index in [1.54, 1.807) is 5.19 Å². The van der Waals surface area contributed by atoms with Crippen LogP contribution < -0.4 is 5.19 Å². The van der Waals surface area contributed by atoms with Gasteiger partial charge in [-0.3, -0.25) is 4.98 Å². The molecule has 0 saturated heterocycles. The number of nitrogens with zero attached hydrogens (tertiary/aromatic N) is 1. The quantitative estimate of drug-likeness (QED) is 0.291. The minimum Gasteiger partial charge on any atom is -0.456 e. The van der Waals surface area contributed by atoms with E-state index in [0.29, 0.717) is 0 Å². The van der Waals surface area contributed by atoms with Crippen molar-refractivity contribution in [2.75, 3.05) is 0 Å². The van der Waals surface area contributed by atoms with Gasteiger partial charge < -0.3 is 4.42 Å². The van der Waals surface area contributed by atoms with Crippen LogP contribution in [0, 0.1) is 0 Å². The second-order valence-corrected chi connectivity index (χ2v) is 47.3. The molecule has 0 saturated carbocycles. The highest BCUT2D eigenvalue weighted by atomic mass is 29.9. The Labute approximate surface area is 190 Å². The fourth-order valence-corrected chi connectivity index (χ4v) is 85.9. The molecule has 2 nitrogen and oxygen atoms in total. The lowest BCUT2D eigenvalue weighted by atomic mass is 10.1.